The number of nitrogens with two attached hydrogens (primary N) is 1. The van der Waals surface area contributed by atoms with Crippen LogP contribution in [0.1, 0.15) is 30.0 Å². The van der Waals surface area contributed by atoms with Crippen LogP contribution in [0.5, 0.6) is 5.75 Å². The monoisotopic (exact) mass is 268 g/mol. The molecule has 0 aromatic heterocycles. The fourth-order valence-electron chi connectivity index (χ4n) is 1.99. The van der Waals surface area contributed by atoms with Gasteiger partial charge in [0.2, 0.25) is 0 Å². The molecule has 2 aromatic carbocycles. The van der Waals surface area contributed by atoms with Crippen molar-refractivity contribution in [2.45, 2.75) is 26.4 Å². The minimum absolute atomic E-state index is 0.0870. The molecule has 3 N–H and O–H groups in total. The molecule has 2 rings (SSSR count). The number of aryl methyl sites for hydroxylation is 1. The number of benzene rings is 2. The van der Waals surface area contributed by atoms with Crippen molar-refractivity contribution < 1.29 is 4.74 Å². The third kappa shape index (κ3) is 3.85. The fraction of sp³-hybridized carbons (Fsp3) is 0.235. The van der Waals surface area contributed by atoms with Gasteiger partial charge in [0.1, 0.15) is 18.2 Å². The SMILES string of the molecule is CCCc1ccc(OCc2ccc(C(=N)N)cc2)cc1. The van der Waals surface area contributed by atoms with Gasteiger partial charge in [0.15, 0.2) is 0 Å². The second kappa shape index (κ2) is 6.75. The Balaban J connectivity index is 1.92. The second-order valence-electron chi connectivity index (χ2n) is 4.79. The zero-order valence-electron chi connectivity index (χ0n) is 11.7. The van der Waals surface area contributed by atoms with Crippen molar-refractivity contribution >= 4 is 5.84 Å². The first-order valence-electron chi connectivity index (χ1n) is 6.84. The van der Waals surface area contributed by atoms with Crippen molar-refractivity contribution in [2.75, 3.05) is 0 Å². The Morgan fingerprint density at radius 1 is 1.00 bits per heavy atom. The zero-order valence-corrected chi connectivity index (χ0v) is 11.7. The molecule has 0 amide bonds. The van der Waals surface area contributed by atoms with Gasteiger partial charge in [-0.25, -0.2) is 0 Å². The molecule has 0 atom stereocenters. The molecule has 0 aliphatic rings. The summed E-state index contributed by atoms with van der Waals surface area (Å²) < 4.78 is 5.74. The molecule has 20 heavy (non-hydrogen) atoms. The molecule has 0 heterocycles. The summed E-state index contributed by atoms with van der Waals surface area (Å²) in [5, 5.41) is 7.34. The molecule has 2 aromatic rings. The maximum absolute atomic E-state index is 7.34. The molecule has 0 saturated heterocycles. The molecule has 104 valence electrons. The van der Waals surface area contributed by atoms with Crippen LogP contribution in [0.25, 0.3) is 0 Å². The van der Waals surface area contributed by atoms with Crippen molar-refractivity contribution in [2.24, 2.45) is 5.73 Å². The average Bonchev–Trinajstić information content (AvgIpc) is 2.47. The molecule has 0 aliphatic heterocycles. The van der Waals surface area contributed by atoms with Crippen LogP contribution in [0.2, 0.25) is 0 Å². The smallest absolute Gasteiger partial charge is 0.122 e. The third-order valence-corrected chi connectivity index (χ3v) is 3.13. The quantitative estimate of drug-likeness (QED) is 0.622. The normalized spacial score (nSPS) is 10.2. The highest BCUT2D eigenvalue weighted by atomic mass is 16.5. The summed E-state index contributed by atoms with van der Waals surface area (Å²) in [6, 6.07) is 15.8. The van der Waals surface area contributed by atoms with E-state index in [0.29, 0.717) is 6.61 Å². The lowest BCUT2D eigenvalue weighted by Crippen LogP contribution is -2.10. The summed E-state index contributed by atoms with van der Waals surface area (Å²) in [6.07, 6.45) is 2.26. The molecule has 0 saturated carbocycles. The maximum atomic E-state index is 7.34. The highest BCUT2D eigenvalue weighted by Crippen LogP contribution is 2.15. The van der Waals surface area contributed by atoms with Crippen LogP contribution in [0, 0.1) is 5.41 Å². The van der Waals surface area contributed by atoms with Crippen LogP contribution in [0.4, 0.5) is 0 Å². The topological polar surface area (TPSA) is 59.1 Å². The van der Waals surface area contributed by atoms with E-state index in [1.54, 1.807) is 0 Å². The lowest BCUT2D eigenvalue weighted by Gasteiger charge is -2.08. The van der Waals surface area contributed by atoms with Crippen LogP contribution in [0.15, 0.2) is 48.5 Å². The van der Waals surface area contributed by atoms with Crippen LogP contribution in [-0.4, -0.2) is 5.84 Å². The first-order valence-corrected chi connectivity index (χ1v) is 6.84. The standard InChI is InChI=1S/C17H20N2O/c1-2-3-13-6-10-16(11-7-13)20-12-14-4-8-15(9-5-14)17(18)19/h4-11H,2-3,12H2,1H3,(H3,18,19). The minimum Gasteiger partial charge on any atom is -0.489 e. The number of amidine groups is 1. The van der Waals surface area contributed by atoms with Crippen molar-refractivity contribution in [3.63, 3.8) is 0 Å². The van der Waals surface area contributed by atoms with Gasteiger partial charge in [0, 0.05) is 5.56 Å². The Kier molecular flexibility index (Phi) is 4.77. The fourth-order valence-corrected chi connectivity index (χ4v) is 1.99. The van der Waals surface area contributed by atoms with E-state index >= 15 is 0 Å². The van der Waals surface area contributed by atoms with Crippen molar-refractivity contribution in [3.05, 3.63) is 65.2 Å². The van der Waals surface area contributed by atoms with E-state index in [2.05, 4.69) is 19.1 Å². The Morgan fingerprint density at radius 2 is 1.60 bits per heavy atom. The third-order valence-electron chi connectivity index (χ3n) is 3.13. The molecule has 0 aliphatic carbocycles. The molecular formula is C17H20N2O. The van der Waals surface area contributed by atoms with Gasteiger partial charge in [-0.3, -0.25) is 5.41 Å². The summed E-state index contributed by atoms with van der Waals surface area (Å²) in [6.45, 7) is 2.69. The van der Waals surface area contributed by atoms with Crippen LogP contribution in [0.3, 0.4) is 0 Å². The molecule has 0 spiro atoms. The van der Waals surface area contributed by atoms with Gasteiger partial charge in [-0.1, -0.05) is 49.7 Å². The average molecular weight is 268 g/mol. The summed E-state index contributed by atoms with van der Waals surface area (Å²) in [7, 11) is 0. The Labute approximate surface area is 119 Å². The number of hydrogen-bond acceptors (Lipinski definition) is 2. The first kappa shape index (κ1) is 14.1. The molecule has 0 radical (unpaired) electrons. The van der Waals surface area contributed by atoms with Gasteiger partial charge in [-0.15, -0.1) is 0 Å². The van der Waals surface area contributed by atoms with E-state index in [-0.39, 0.29) is 5.84 Å². The van der Waals surface area contributed by atoms with Gasteiger partial charge in [-0.2, -0.15) is 0 Å². The Hall–Kier alpha value is -2.29. The number of ether oxygens (including phenoxy) is 1. The summed E-state index contributed by atoms with van der Waals surface area (Å²) in [5.41, 5.74) is 8.55. The summed E-state index contributed by atoms with van der Waals surface area (Å²) >= 11 is 0. The van der Waals surface area contributed by atoms with Gasteiger partial charge in [0.05, 0.1) is 0 Å². The van der Waals surface area contributed by atoms with Crippen LogP contribution >= 0.6 is 0 Å². The van der Waals surface area contributed by atoms with E-state index < -0.39 is 0 Å². The molecule has 0 bridgehead atoms. The van der Waals surface area contributed by atoms with E-state index in [9.17, 15) is 0 Å². The number of rotatable bonds is 6. The minimum atomic E-state index is 0.0870. The first-order chi connectivity index (χ1) is 9.69. The lowest BCUT2D eigenvalue weighted by atomic mass is 10.1. The number of hydrogen-bond donors (Lipinski definition) is 2. The Bertz CT molecular complexity index is 559. The highest BCUT2D eigenvalue weighted by molar-refractivity contribution is 5.94. The van der Waals surface area contributed by atoms with E-state index in [0.717, 1.165) is 29.7 Å². The molecule has 3 nitrogen and oxygen atoms in total. The second-order valence-corrected chi connectivity index (χ2v) is 4.79. The highest BCUT2D eigenvalue weighted by Gasteiger charge is 1.99. The summed E-state index contributed by atoms with van der Waals surface area (Å²) in [4.78, 5) is 0. The van der Waals surface area contributed by atoms with Gasteiger partial charge in [0.25, 0.3) is 0 Å². The van der Waals surface area contributed by atoms with Gasteiger partial charge in [-0.05, 0) is 29.7 Å². The molecule has 0 unspecified atom stereocenters. The summed E-state index contributed by atoms with van der Waals surface area (Å²) in [5.74, 6) is 0.962. The van der Waals surface area contributed by atoms with Crippen LogP contribution in [-0.2, 0) is 13.0 Å². The zero-order chi connectivity index (χ0) is 14.4. The van der Waals surface area contributed by atoms with Crippen LogP contribution < -0.4 is 10.5 Å². The van der Waals surface area contributed by atoms with Crippen molar-refractivity contribution in [1.82, 2.24) is 0 Å². The van der Waals surface area contributed by atoms with Gasteiger partial charge < -0.3 is 10.5 Å². The predicted octanol–water partition coefficient (Wildman–Crippen LogP) is 3.50. The van der Waals surface area contributed by atoms with E-state index in [1.165, 1.54) is 5.56 Å². The van der Waals surface area contributed by atoms with Gasteiger partial charge >= 0.3 is 0 Å². The molecule has 0 fully saturated rings. The van der Waals surface area contributed by atoms with E-state index in [1.807, 2.05) is 36.4 Å². The predicted molar refractivity (Wildman–Crippen MR) is 82.2 cm³/mol. The van der Waals surface area contributed by atoms with Crippen molar-refractivity contribution in [1.29, 1.82) is 5.41 Å². The Morgan fingerprint density at radius 3 is 2.15 bits per heavy atom. The molecular weight excluding hydrogens is 248 g/mol. The van der Waals surface area contributed by atoms with Crippen molar-refractivity contribution in [3.8, 4) is 5.75 Å². The maximum Gasteiger partial charge on any atom is 0.122 e. The number of nitrogens with one attached hydrogen (secondary N) is 1. The molecule has 3 heteroatoms. The largest absolute Gasteiger partial charge is 0.489 e. The number of nitrogen functional groups attached to an aromatic ring is 1. The lowest BCUT2D eigenvalue weighted by molar-refractivity contribution is 0.306. The van der Waals surface area contributed by atoms with E-state index in [4.69, 9.17) is 15.9 Å².